The van der Waals surface area contributed by atoms with E-state index in [1.54, 1.807) is 12.3 Å². The number of nitrogens with one attached hydrogen (secondary N) is 1. The van der Waals surface area contributed by atoms with Gasteiger partial charge in [-0.2, -0.15) is 0 Å². The highest BCUT2D eigenvalue weighted by molar-refractivity contribution is 5.93. The largest absolute Gasteiger partial charge is 0.489 e. The van der Waals surface area contributed by atoms with Gasteiger partial charge in [0.25, 0.3) is 0 Å². The number of hydrogen-bond acceptors (Lipinski definition) is 6. The van der Waals surface area contributed by atoms with Gasteiger partial charge in [-0.1, -0.05) is 24.3 Å². The molecule has 0 aliphatic carbocycles. The van der Waals surface area contributed by atoms with Crippen molar-refractivity contribution < 1.29 is 28.2 Å². The number of fused-ring (bicyclic) bond motifs is 1. The van der Waals surface area contributed by atoms with Crippen molar-refractivity contribution in [2.75, 3.05) is 0 Å². The zero-order chi connectivity index (χ0) is 28.6. The van der Waals surface area contributed by atoms with Crippen LogP contribution in [0, 0.1) is 0 Å². The monoisotopic (exact) mass is 533 g/mol. The van der Waals surface area contributed by atoms with Gasteiger partial charge in [-0.25, -0.2) is 4.79 Å². The van der Waals surface area contributed by atoms with E-state index in [1.165, 1.54) is 0 Å². The van der Waals surface area contributed by atoms with Crippen molar-refractivity contribution in [3.8, 4) is 11.1 Å². The Morgan fingerprint density at radius 2 is 1.69 bits per heavy atom. The topological polar surface area (TPSA) is 87.0 Å². The first-order valence-corrected chi connectivity index (χ1v) is 13.1. The predicted octanol–water partition coefficient (Wildman–Crippen LogP) is 7.83. The van der Waals surface area contributed by atoms with E-state index in [1.807, 2.05) is 103 Å². The lowest BCUT2D eigenvalue weighted by Crippen LogP contribution is -2.32. The van der Waals surface area contributed by atoms with Crippen LogP contribution in [-0.4, -0.2) is 23.3 Å². The lowest BCUT2D eigenvalue weighted by Gasteiger charge is -2.19. The Kier molecular flexibility index (Phi) is 9.62. The molecule has 208 valence electrons. The van der Waals surface area contributed by atoms with Crippen LogP contribution in [-0.2, 0) is 32.2 Å². The van der Waals surface area contributed by atoms with Crippen LogP contribution >= 0.6 is 0 Å². The molecule has 2 aromatic carbocycles. The Morgan fingerprint density at radius 3 is 2.38 bits per heavy atom. The van der Waals surface area contributed by atoms with Gasteiger partial charge in [0.15, 0.2) is 0 Å². The molecule has 0 atom stereocenters. The van der Waals surface area contributed by atoms with Crippen molar-refractivity contribution in [3.63, 3.8) is 0 Å². The van der Waals surface area contributed by atoms with Crippen molar-refractivity contribution in [2.24, 2.45) is 0 Å². The number of rotatable bonds is 9. The molecule has 1 heterocycles. The number of furan rings is 1. The fraction of sp³-hybridized carbons (Fsp3) is 0.375. The van der Waals surface area contributed by atoms with Gasteiger partial charge in [-0.15, -0.1) is 0 Å². The lowest BCUT2D eigenvalue weighted by atomic mass is 9.99. The first kappa shape index (κ1) is 29.6. The van der Waals surface area contributed by atoms with Gasteiger partial charge in [-0.05, 0) is 102 Å². The summed E-state index contributed by atoms with van der Waals surface area (Å²) in [5.74, 6) is 0.281. The summed E-state index contributed by atoms with van der Waals surface area (Å²) >= 11 is 0. The normalized spacial score (nSPS) is 12.5. The molecule has 0 saturated heterocycles. The van der Waals surface area contributed by atoms with E-state index in [2.05, 4.69) is 5.32 Å². The van der Waals surface area contributed by atoms with Crippen LogP contribution < -0.4 is 5.32 Å². The first-order valence-electron chi connectivity index (χ1n) is 13.1. The third-order valence-corrected chi connectivity index (χ3v) is 5.31. The Hall–Kier alpha value is -4.00. The molecule has 0 aliphatic heterocycles. The van der Waals surface area contributed by atoms with Gasteiger partial charge in [0, 0.05) is 17.5 Å². The summed E-state index contributed by atoms with van der Waals surface area (Å²) in [6.45, 7) is 13.5. The summed E-state index contributed by atoms with van der Waals surface area (Å²) in [4.78, 5) is 24.2. The zero-order valence-electron chi connectivity index (χ0n) is 23.9. The SMILES string of the molecule is C/C=C\C(=C\CC(=O)OC(C)(C)C)OCc1cc(-c2cccc(CNC(=O)OC(C)(C)C)c2)c2occc2c1. The molecule has 1 amide bonds. The number of hydrogen-bond donors (Lipinski definition) is 1. The fourth-order valence-corrected chi connectivity index (χ4v) is 3.85. The van der Waals surface area contributed by atoms with Crippen molar-refractivity contribution in [1.29, 1.82) is 0 Å². The van der Waals surface area contributed by atoms with Crippen molar-refractivity contribution in [3.05, 3.63) is 83.8 Å². The highest BCUT2D eigenvalue weighted by Gasteiger charge is 2.17. The molecule has 0 fully saturated rings. The van der Waals surface area contributed by atoms with E-state index in [4.69, 9.17) is 18.6 Å². The average molecular weight is 534 g/mol. The van der Waals surface area contributed by atoms with Crippen LogP contribution in [0.15, 0.2) is 77.1 Å². The Labute approximate surface area is 230 Å². The molecular formula is C32H39NO6. The fourth-order valence-electron chi connectivity index (χ4n) is 3.85. The van der Waals surface area contributed by atoms with Crippen LogP contribution in [0.3, 0.4) is 0 Å². The molecule has 0 unspecified atom stereocenters. The van der Waals surface area contributed by atoms with Crippen molar-refractivity contribution in [1.82, 2.24) is 5.32 Å². The molecule has 7 nitrogen and oxygen atoms in total. The van der Waals surface area contributed by atoms with Crippen LogP contribution in [0.4, 0.5) is 4.79 Å². The second kappa shape index (κ2) is 12.7. The second-order valence-electron chi connectivity index (χ2n) is 11.2. The first-order chi connectivity index (χ1) is 18.3. The lowest BCUT2D eigenvalue weighted by molar-refractivity contribution is -0.153. The van der Waals surface area contributed by atoms with Gasteiger partial charge in [0.05, 0.1) is 12.7 Å². The molecule has 0 bridgehead atoms. The maximum absolute atomic E-state index is 12.1. The zero-order valence-corrected chi connectivity index (χ0v) is 23.9. The van der Waals surface area contributed by atoms with E-state index in [9.17, 15) is 9.59 Å². The summed E-state index contributed by atoms with van der Waals surface area (Å²) < 4.78 is 22.6. The van der Waals surface area contributed by atoms with E-state index in [0.717, 1.165) is 33.2 Å². The van der Waals surface area contributed by atoms with Crippen LogP contribution in [0.25, 0.3) is 22.1 Å². The summed E-state index contributed by atoms with van der Waals surface area (Å²) in [6, 6.07) is 13.9. The second-order valence-corrected chi connectivity index (χ2v) is 11.2. The number of amides is 1. The van der Waals surface area contributed by atoms with Gasteiger partial charge in [0.2, 0.25) is 0 Å². The van der Waals surface area contributed by atoms with Gasteiger partial charge in [-0.3, -0.25) is 4.79 Å². The van der Waals surface area contributed by atoms with Crippen LogP contribution in [0.5, 0.6) is 0 Å². The third kappa shape index (κ3) is 9.67. The number of benzene rings is 2. The number of allylic oxidation sites excluding steroid dienone is 2. The molecule has 0 radical (unpaired) electrons. The van der Waals surface area contributed by atoms with Gasteiger partial charge < -0.3 is 23.9 Å². The minimum Gasteiger partial charge on any atom is -0.489 e. The van der Waals surface area contributed by atoms with Crippen LogP contribution in [0.1, 0.15) is 66.0 Å². The molecule has 0 aliphatic rings. The van der Waals surface area contributed by atoms with E-state index < -0.39 is 17.3 Å². The molecule has 3 rings (SSSR count). The van der Waals surface area contributed by atoms with E-state index in [-0.39, 0.29) is 12.4 Å². The Bertz CT molecular complexity index is 1350. The number of alkyl carbamates (subject to hydrolysis) is 1. The standard InChI is InChI=1S/C32H39NO6/c1-8-10-26(13-14-28(34)38-31(2,3)4)37-21-23-18-25-15-16-36-29(25)27(19-23)24-12-9-11-22(17-24)20-33-30(35)39-32(5,6)7/h8-13,15-19H,14,20-21H2,1-7H3,(H,33,35)/b10-8-,26-13-. The predicted molar refractivity (Wildman–Crippen MR) is 153 cm³/mol. The number of carbonyl (C=O) groups excluding carboxylic acids is 2. The van der Waals surface area contributed by atoms with Gasteiger partial charge >= 0.3 is 12.1 Å². The van der Waals surface area contributed by atoms with Crippen LogP contribution in [0.2, 0.25) is 0 Å². The highest BCUT2D eigenvalue weighted by Crippen LogP contribution is 2.32. The average Bonchev–Trinajstić information content (AvgIpc) is 3.31. The Morgan fingerprint density at radius 1 is 0.949 bits per heavy atom. The number of esters is 1. The molecule has 0 saturated carbocycles. The summed E-state index contributed by atoms with van der Waals surface area (Å²) in [7, 11) is 0. The maximum atomic E-state index is 12.1. The number of carbonyl (C=O) groups is 2. The maximum Gasteiger partial charge on any atom is 0.407 e. The molecule has 7 heteroatoms. The van der Waals surface area contributed by atoms with E-state index in [0.29, 0.717) is 18.9 Å². The van der Waals surface area contributed by atoms with Gasteiger partial charge in [0.1, 0.15) is 29.2 Å². The minimum absolute atomic E-state index is 0.118. The third-order valence-electron chi connectivity index (χ3n) is 5.31. The summed E-state index contributed by atoms with van der Waals surface area (Å²) in [5.41, 5.74) is 3.42. The van der Waals surface area contributed by atoms with Crippen molar-refractivity contribution in [2.45, 2.75) is 79.2 Å². The summed E-state index contributed by atoms with van der Waals surface area (Å²) in [5, 5.41) is 3.76. The van der Waals surface area contributed by atoms with Crippen molar-refractivity contribution >= 4 is 23.0 Å². The summed E-state index contributed by atoms with van der Waals surface area (Å²) in [6.07, 6.45) is 6.74. The highest BCUT2D eigenvalue weighted by atomic mass is 16.6. The number of ether oxygens (including phenoxy) is 3. The molecule has 1 aromatic heterocycles. The quantitative estimate of drug-likeness (QED) is 0.171. The van der Waals surface area contributed by atoms with E-state index >= 15 is 0 Å². The molecule has 0 spiro atoms. The molecule has 1 N–H and O–H groups in total. The smallest absolute Gasteiger partial charge is 0.407 e. The Balaban J connectivity index is 1.78. The molecule has 39 heavy (non-hydrogen) atoms. The minimum atomic E-state index is -0.558. The molecule has 3 aromatic rings. The molecular weight excluding hydrogens is 494 g/mol.